The number of piperidine rings is 1. The first kappa shape index (κ1) is 11.4. The lowest BCUT2D eigenvalue weighted by Crippen LogP contribution is -2.44. The van der Waals surface area contributed by atoms with Crippen molar-refractivity contribution in [3.63, 3.8) is 0 Å². The molecule has 5 nitrogen and oxygen atoms in total. The summed E-state index contributed by atoms with van der Waals surface area (Å²) < 4.78 is 0. The molecule has 1 aliphatic rings. The van der Waals surface area contributed by atoms with E-state index in [9.17, 15) is 4.79 Å². The molecule has 1 aliphatic heterocycles. The minimum absolute atomic E-state index is 0.144. The molecule has 0 aromatic rings. The van der Waals surface area contributed by atoms with Crippen LogP contribution in [0.3, 0.4) is 0 Å². The third-order valence-corrected chi connectivity index (χ3v) is 2.67. The molecule has 4 N–H and O–H groups in total. The molecule has 1 unspecified atom stereocenters. The fourth-order valence-electron chi connectivity index (χ4n) is 1.96. The van der Waals surface area contributed by atoms with E-state index in [1.54, 1.807) is 0 Å². The largest absolute Gasteiger partial charge is 0.396 e. The molecule has 0 saturated carbocycles. The van der Waals surface area contributed by atoms with Crippen molar-refractivity contribution in [2.45, 2.75) is 19.3 Å². The van der Waals surface area contributed by atoms with Crippen LogP contribution in [-0.4, -0.2) is 42.2 Å². The molecule has 0 aromatic carbocycles. The van der Waals surface area contributed by atoms with Crippen LogP contribution in [0, 0.1) is 5.92 Å². The summed E-state index contributed by atoms with van der Waals surface area (Å²) in [5.74, 6) is 5.40. The fraction of sp³-hybridized carbons (Fsp3) is 0.889. The third kappa shape index (κ3) is 3.61. The van der Waals surface area contributed by atoms with Crippen LogP contribution in [0.1, 0.15) is 19.3 Å². The first-order chi connectivity index (χ1) is 6.76. The number of aliphatic hydroxyl groups is 1. The highest BCUT2D eigenvalue weighted by molar-refractivity contribution is 5.77. The first-order valence-electron chi connectivity index (χ1n) is 5.09. The molecular formula is C9H19N3O2. The zero-order valence-electron chi connectivity index (χ0n) is 8.41. The molecule has 1 fully saturated rings. The summed E-state index contributed by atoms with van der Waals surface area (Å²) in [5.41, 5.74) is 2.13. The molecule has 0 aromatic heterocycles. The second-order valence-corrected chi connectivity index (χ2v) is 3.82. The lowest BCUT2D eigenvalue weighted by atomic mass is 9.95. The highest BCUT2D eigenvalue weighted by Crippen LogP contribution is 2.18. The number of nitrogens with two attached hydrogens (primary N) is 1. The number of carbonyl (C=O) groups is 1. The summed E-state index contributed by atoms with van der Waals surface area (Å²) in [6.07, 6.45) is 3.09. The number of nitrogens with one attached hydrogen (secondary N) is 1. The number of rotatable bonds is 4. The minimum atomic E-state index is -0.144. The van der Waals surface area contributed by atoms with Crippen molar-refractivity contribution in [1.82, 2.24) is 10.3 Å². The van der Waals surface area contributed by atoms with Crippen LogP contribution >= 0.6 is 0 Å². The number of hydrogen-bond donors (Lipinski definition) is 3. The van der Waals surface area contributed by atoms with Gasteiger partial charge in [-0.25, -0.2) is 5.84 Å². The van der Waals surface area contributed by atoms with E-state index < -0.39 is 0 Å². The number of hydrazine groups is 1. The van der Waals surface area contributed by atoms with Gasteiger partial charge in [-0.05, 0) is 31.7 Å². The van der Waals surface area contributed by atoms with Gasteiger partial charge in [0, 0.05) is 13.2 Å². The molecule has 1 rings (SSSR count). The summed E-state index contributed by atoms with van der Waals surface area (Å²) in [7, 11) is 0. The van der Waals surface area contributed by atoms with Gasteiger partial charge in [-0.15, -0.1) is 0 Å². The lowest BCUT2D eigenvalue weighted by molar-refractivity contribution is -0.122. The zero-order chi connectivity index (χ0) is 10.4. The van der Waals surface area contributed by atoms with Crippen molar-refractivity contribution in [3.05, 3.63) is 0 Å². The Kier molecular flexibility index (Phi) is 4.86. The minimum Gasteiger partial charge on any atom is -0.396 e. The van der Waals surface area contributed by atoms with Gasteiger partial charge in [-0.3, -0.25) is 15.1 Å². The molecule has 0 bridgehead atoms. The van der Waals surface area contributed by atoms with Gasteiger partial charge in [0.05, 0.1) is 6.54 Å². The number of likely N-dealkylation sites (tertiary alicyclic amines) is 1. The van der Waals surface area contributed by atoms with Crippen LogP contribution in [0.5, 0.6) is 0 Å². The van der Waals surface area contributed by atoms with Gasteiger partial charge < -0.3 is 5.11 Å². The van der Waals surface area contributed by atoms with E-state index >= 15 is 0 Å². The molecule has 82 valence electrons. The van der Waals surface area contributed by atoms with Crippen LogP contribution < -0.4 is 11.3 Å². The van der Waals surface area contributed by atoms with Crippen LogP contribution in [-0.2, 0) is 4.79 Å². The van der Waals surface area contributed by atoms with Crippen LogP contribution in [0.2, 0.25) is 0 Å². The maximum atomic E-state index is 11.0. The van der Waals surface area contributed by atoms with Crippen LogP contribution in [0.25, 0.3) is 0 Å². The Hall–Kier alpha value is -0.650. The van der Waals surface area contributed by atoms with Gasteiger partial charge in [-0.1, -0.05) is 0 Å². The quantitative estimate of drug-likeness (QED) is 0.312. The van der Waals surface area contributed by atoms with Gasteiger partial charge in [-0.2, -0.15) is 0 Å². The molecule has 1 saturated heterocycles. The van der Waals surface area contributed by atoms with Crippen LogP contribution in [0.15, 0.2) is 0 Å². The van der Waals surface area contributed by atoms with Gasteiger partial charge in [0.15, 0.2) is 0 Å². The Morgan fingerprint density at radius 2 is 2.43 bits per heavy atom. The summed E-state index contributed by atoms with van der Waals surface area (Å²) >= 11 is 0. The van der Waals surface area contributed by atoms with Gasteiger partial charge in [0.1, 0.15) is 0 Å². The topological polar surface area (TPSA) is 78.6 Å². The summed E-state index contributed by atoms with van der Waals surface area (Å²) in [6, 6.07) is 0. The molecular weight excluding hydrogens is 182 g/mol. The van der Waals surface area contributed by atoms with E-state index in [1.165, 1.54) is 0 Å². The van der Waals surface area contributed by atoms with Gasteiger partial charge in [0.25, 0.3) is 0 Å². The second kappa shape index (κ2) is 5.95. The van der Waals surface area contributed by atoms with Crippen LogP contribution in [0.4, 0.5) is 0 Å². The van der Waals surface area contributed by atoms with Crippen molar-refractivity contribution in [2.24, 2.45) is 11.8 Å². The molecule has 5 heteroatoms. The Balaban J connectivity index is 2.28. The third-order valence-electron chi connectivity index (χ3n) is 2.67. The highest BCUT2D eigenvalue weighted by atomic mass is 16.3. The van der Waals surface area contributed by atoms with E-state index in [0.29, 0.717) is 12.5 Å². The first-order valence-corrected chi connectivity index (χ1v) is 5.09. The molecule has 1 atom stereocenters. The van der Waals surface area contributed by atoms with E-state index in [2.05, 4.69) is 10.3 Å². The van der Waals surface area contributed by atoms with E-state index in [0.717, 1.165) is 32.4 Å². The normalized spacial score (nSPS) is 23.4. The fourth-order valence-corrected chi connectivity index (χ4v) is 1.96. The summed E-state index contributed by atoms with van der Waals surface area (Å²) in [5, 5.41) is 8.82. The average molecular weight is 201 g/mol. The average Bonchev–Trinajstić information content (AvgIpc) is 2.19. The van der Waals surface area contributed by atoms with Gasteiger partial charge >= 0.3 is 0 Å². The van der Waals surface area contributed by atoms with Crippen molar-refractivity contribution in [3.8, 4) is 0 Å². The number of amides is 1. The lowest BCUT2D eigenvalue weighted by Gasteiger charge is -2.31. The predicted molar refractivity (Wildman–Crippen MR) is 53.2 cm³/mol. The van der Waals surface area contributed by atoms with Crippen molar-refractivity contribution < 1.29 is 9.90 Å². The second-order valence-electron chi connectivity index (χ2n) is 3.82. The van der Waals surface area contributed by atoms with Gasteiger partial charge in [0.2, 0.25) is 5.91 Å². The maximum absolute atomic E-state index is 11.0. The maximum Gasteiger partial charge on any atom is 0.248 e. The Morgan fingerprint density at radius 3 is 3.07 bits per heavy atom. The smallest absolute Gasteiger partial charge is 0.248 e. The highest BCUT2D eigenvalue weighted by Gasteiger charge is 2.20. The number of nitrogens with zero attached hydrogens (tertiary/aromatic N) is 1. The molecule has 0 aliphatic carbocycles. The molecule has 14 heavy (non-hydrogen) atoms. The molecule has 0 spiro atoms. The Bertz CT molecular complexity index is 185. The van der Waals surface area contributed by atoms with Crippen molar-refractivity contribution >= 4 is 5.91 Å². The number of aliphatic hydroxyl groups excluding tert-OH is 1. The number of hydrogen-bond acceptors (Lipinski definition) is 4. The standard InChI is InChI=1S/C9H19N3O2/c10-11-9(14)7-12-4-1-2-8(6-12)3-5-13/h8,13H,1-7,10H2,(H,11,14). The van der Waals surface area contributed by atoms with E-state index in [1.807, 2.05) is 0 Å². The Morgan fingerprint density at radius 1 is 1.64 bits per heavy atom. The van der Waals surface area contributed by atoms with Crippen molar-refractivity contribution in [2.75, 3.05) is 26.2 Å². The summed E-state index contributed by atoms with van der Waals surface area (Å²) in [6.45, 7) is 2.46. The number of carbonyl (C=O) groups excluding carboxylic acids is 1. The molecule has 1 heterocycles. The zero-order valence-corrected chi connectivity index (χ0v) is 8.41. The summed E-state index contributed by atoms with van der Waals surface area (Å²) in [4.78, 5) is 13.1. The van der Waals surface area contributed by atoms with E-state index in [4.69, 9.17) is 10.9 Å². The van der Waals surface area contributed by atoms with Crippen molar-refractivity contribution in [1.29, 1.82) is 0 Å². The predicted octanol–water partition coefficient (Wildman–Crippen LogP) is -0.929. The molecule has 1 amide bonds. The SMILES string of the molecule is NNC(=O)CN1CCCC(CCO)C1. The molecule has 0 radical (unpaired) electrons. The van der Waals surface area contributed by atoms with E-state index in [-0.39, 0.29) is 12.5 Å². The Labute approximate surface area is 84.2 Å². The monoisotopic (exact) mass is 201 g/mol.